The summed E-state index contributed by atoms with van der Waals surface area (Å²) in [7, 11) is -4.21. The van der Waals surface area contributed by atoms with E-state index in [0.29, 0.717) is 5.56 Å². The van der Waals surface area contributed by atoms with Crippen molar-refractivity contribution in [3.63, 3.8) is 0 Å². The quantitative estimate of drug-likeness (QED) is 0.222. The molecule has 0 saturated heterocycles. The van der Waals surface area contributed by atoms with E-state index in [2.05, 4.69) is 0 Å². The van der Waals surface area contributed by atoms with Gasteiger partial charge in [-0.2, -0.15) is 8.42 Å². The van der Waals surface area contributed by atoms with Crippen molar-refractivity contribution >= 4 is 38.4 Å². The molecule has 150 valence electrons. The Bertz CT molecular complexity index is 1150. The van der Waals surface area contributed by atoms with E-state index in [0.717, 1.165) is 11.6 Å². The predicted molar refractivity (Wildman–Crippen MR) is 115 cm³/mol. The van der Waals surface area contributed by atoms with Gasteiger partial charge in [-0.05, 0) is 47.2 Å². The van der Waals surface area contributed by atoms with Crippen LogP contribution in [0, 0.1) is 20.6 Å². The van der Waals surface area contributed by atoms with Crippen LogP contribution in [0.3, 0.4) is 0 Å². The molecule has 0 spiro atoms. The second-order valence-corrected chi connectivity index (χ2v) is 8.98. The van der Waals surface area contributed by atoms with Crippen LogP contribution in [0.2, 0.25) is 0 Å². The second kappa shape index (κ2) is 8.47. The summed E-state index contributed by atoms with van der Waals surface area (Å²) in [6.07, 6.45) is -1.31. The first-order valence-electron chi connectivity index (χ1n) is 8.41. The number of nitro benzene ring substituents is 1. The zero-order valence-electron chi connectivity index (χ0n) is 15.2. The van der Waals surface area contributed by atoms with Crippen LogP contribution in [0.25, 0.3) is 0 Å². The van der Waals surface area contributed by atoms with Crippen LogP contribution in [0.1, 0.15) is 22.8 Å². The summed E-state index contributed by atoms with van der Waals surface area (Å²) in [4.78, 5) is 10.6. The number of hydrogen-bond donors (Lipinski definition) is 1. The van der Waals surface area contributed by atoms with E-state index in [-0.39, 0.29) is 25.5 Å². The summed E-state index contributed by atoms with van der Waals surface area (Å²) in [6.45, 7) is 1.82. The minimum Gasteiger partial charge on any atom is -0.384 e. The molecule has 3 aromatic carbocycles. The normalized spacial score (nSPS) is 12.4. The number of nitro groups is 1. The first kappa shape index (κ1) is 21.2. The van der Waals surface area contributed by atoms with E-state index in [9.17, 15) is 23.6 Å². The Labute approximate surface area is 181 Å². The van der Waals surface area contributed by atoms with Crippen LogP contribution in [-0.4, -0.2) is 18.4 Å². The van der Waals surface area contributed by atoms with Crippen LogP contribution >= 0.6 is 22.6 Å². The zero-order valence-corrected chi connectivity index (χ0v) is 18.1. The highest BCUT2D eigenvalue weighted by Gasteiger charge is 2.27. The van der Waals surface area contributed by atoms with Crippen molar-refractivity contribution in [2.24, 2.45) is 0 Å². The third kappa shape index (κ3) is 4.74. The SMILES string of the molecule is Cc1ccc(S(=O)(=O)Oc2c(I)cc([N+](=O)[O-])cc2C(O)c2ccccc2)cc1. The summed E-state index contributed by atoms with van der Waals surface area (Å²) in [5.74, 6) is -0.145. The average molecular weight is 525 g/mol. The molecule has 1 N–H and O–H groups in total. The van der Waals surface area contributed by atoms with Gasteiger partial charge in [-0.3, -0.25) is 10.1 Å². The number of halogens is 1. The fourth-order valence-electron chi connectivity index (χ4n) is 2.67. The minimum atomic E-state index is -4.21. The Morgan fingerprint density at radius 1 is 1.07 bits per heavy atom. The Morgan fingerprint density at radius 2 is 1.69 bits per heavy atom. The Kier molecular flexibility index (Phi) is 6.20. The molecule has 9 heteroatoms. The van der Waals surface area contributed by atoms with Gasteiger partial charge in [0.1, 0.15) is 11.0 Å². The standard InChI is InChI=1S/C20H16INO6S/c1-13-7-9-16(10-8-13)29(26,27)28-20-17(11-15(22(24)25)12-18(20)21)19(23)14-5-3-2-4-6-14/h2-12,19,23H,1H3. The number of benzene rings is 3. The van der Waals surface area contributed by atoms with Gasteiger partial charge in [0.05, 0.1) is 8.49 Å². The van der Waals surface area contributed by atoms with Gasteiger partial charge in [0.15, 0.2) is 5.75 Å². The van der Waals surface area contributed by atoms with Crippen molar-refractivity contribution in [3.8, 4) is 5.75 Å². The van der Waals surface area contributed by atoms with Crippen molar-refractivity contribution in [1.29, 1.82) is 0 Å². The Morgan fingerprint density at radius 3 is 2.28 bits per heavy atom. The van der Waals surface area contributed by atoms with Gasteiger partial charge >= 0.3 is 10.1 Å². The number of hydrogen-bond acceptors (Lipinski definition) is 6. The van der Waals surface area contributed by atoms with Crippen LogP contribution in [0.4, 0.5) is 5.69 Å². The van der Waals surface area contributed by atoms with E-state index >= 15 is 0 Å². The number of rotatable bonds is 6. The molecule has 3 aromatic rings. The fourth-order valence-corrected chi connectivity index (χ4v) is 4.53. The van der Waals surface area contributed by atoms with E-state index < -0.39 is 21.1 Å². The topological polar surface area (TPSA) is 107 Å². The maximum Gasteiger partial charge on any atom is 0.339 e. The molecule has 7 nitrogen and oxygen atoms in total. The number of aryl methyl sites for hydroxylation is 1. The predicted octanol–water partition coefficient (Wildman–Crippen LogP) is 4.36. The molecule has 0 heterocycles. The van der Waals surface area contributed by atoms with Gasteiger partial charge in [0.25, 0.3) is 5.69 Å². The van der Waals surface area contributed by atoms with Crippen molar-refractivity contribution in [1.82, 2.24) is 0 Å². The molecule has 0 aliphatic heterocycles. The largest absolute Gasteiger partial charge is 0.384 e. The minimum absolute atomic E-state index is 0.00881. The summed E-state index contributed by atoms with van der Waals surface area (Å²) in [5.41, 5.74) is 1.04. The summed E-state index contributed by atoms with van der Waals surface area (Å²) in [5, 5.41) is 22.1. The molecule has 1 unspecified atom stereocenters. The summed E-state index contributed by atoms with van der Waals surface area (Å²) >= 11 is 1.76. The highest BCUT2D eigenvalue weighted by molar-refractivity contribution is 14.1. The number of non-ortho nitro benzene ring substituents is 1. The first-order valence-corrected chi connectivity index (χ1v) is 10.9. The second-order valence-electron chi connectivity index (χ2n) is 6.27. The van der Waals surface area contributed by atoms with Crippen LogP contribution in [0.15, 0.2) is 71.6 Å². The lowest BCUT2D eigenvalue weighted by atomic mass is 10.0. The molecule has 0 aliphatic rings. The van der Waals surface area contributed by atoms with E-state index in [1.807, 2.05) is 6.92 Å². The van der Waals surface area contributed by atoms with E-state index in [4.69, 9.17) is 4.18 Å². The highest BCUT2D eigenvalue weighted by atomic mass is 127. The monoisotopic (exact) mass is 525 g/mol. The van der Waals surface area contributed by atoms with Crippen LogP contribution in [-0.2, 0) is 10.1 Å². The van der Waals surface area contributed by atoms with Crippen LogP contribution < -0.4 is 4.18 Å². The smallest absolute Gasteiger partial charge is 0.339 e. The van der Waals surface area contributed by atoms with Gasteiger partial charge in [0, 0.05) is 17.7 Å². The lowest BCUT2D eigenvalue weighted by Gasteiger charge is -2.18. The third-order valence-corrected chi connectivity index (χ3v) is 6.22. The van der Waals surface area contributed by atoms with E-state index in [1.54, 1.807) is 65.1 Å². The lowest BCUT2D eigenvalue weighted by Crippen LogP contribution is -2.14. The molecule has 0 saturated carbocycles. The molecule has 29 heavy (non-hydrogen) atoms. The van der Waals surface area contributed by atoms with Gasteiger partial charge in [-0.25, -0.2) is 0 Å². The number of aliphatic hydroxyl groups excluding tert-OH is 1. The molecule has 0 amide bonds. The number of nitrogens with zero attached hydrogens (tertiary/aromatic N) is 1. The Balaban J connectivity index is 2.12. The van der Waals surface area contributed by atoms with Crippen LogP contribution in [0.5, 0.6) is 5.75 Å². The van der Waals surface area contributed by atoms with Gasteiger partial charge in [-0.1, -0.05) is 48.0 Å². The molecule has 0 aromatic heterocycles. The molecule has 0 radical (unpaired) electrons. The van der Waals surface area contributed by atoms with Gasteiger partial charge in [-0.15, -0.1) is 0 Å². The van der Waals surface area contributed by atoms with Gasteiger partial charge < -0.3 is 9.29 Å². The maximum atomic E-state index is 12.8. The van der Waals surface area contributed by atoms with Crippen molar-refractivity contribution in [2.75, 3.05) is 0 Å². The number of aliphatic hydroxyl groups is 1. The van der Waals surface area contributed by atoms with Crippen molar-refractivity contribution < 1.29 is 22.6 Å². The summed E-state index contributed by atoms with van der Waals surface area (Å²) in [6, 6.07) is 16.8. The lowest BCUT2D eigenvalue weighted by molar-refractivity contribution is -0.385. The Hall–Kier alpha value is -2.50. The van der Waals surface area contributed by atoms with Gasteiger partial charge in [0.2, 0.25) is 0 Å². The molecular weight excluding hydrogens is 509 g/mol. The molecule has 0 aliphatic carbocycles. The first-order chi connectivity index (χ1) is 13.7. The zero-order chi connectivity index (χ0) is 21.2. The molecule has 0 fully saturated rings. The van der Waals surface area contributed by atoms with Crippen molar-refractivity contribution in [3.05, 3.63) is 97.1 Å². The van der Waals surface area contributed by atoms with E-state index in [1.165, 1.54) is 18.2 Å². The molecule has 3 rings (SSSR count). The summed E-state index contributed by atoms with van der Waals surface area (Å²) < 4.78 is 31.0. The average Bonchev–Trinajstić information content (AvgIpc) is 2.69. The third-order valence-electron chi connectivity index (χ3n) is 4.18. The fraction of sp³-hybridized carbons (Fsp3) is 0.100. The van der Waals surface area contributed by atoms with Crippen molar-refractivity contribution in [2.45, 2.75) is 17.9 Å². The maximum absolute atomic E-state index is 12.8. The molecule has 1 atom stereocenters. The molecule has 0 bridgehead atoms. The molecular formula is C20H16INO6S. The highest BCUT2D eigenvalue weighted by Crippen LogP contribution is 2.38.